The van der Waals surface area contributed by atoms with Crippen LogP contribution in [0.25, 0.3) is 45.0 Å². The molecule has 0 radical (unpaired) electrons. The summed E-state index contributed by atoms with van der Waals surface area (Å²) in [6, 6.07) is 68.7. The van der Waals surface area contributed by atoms with Gasteiger partial charge in [-0.1, -0.05) is 117 Å². The lowest BCUT2D eigenvalue weighted by molar-refractivity contribution is 0.101. The van der Waals surface area contributed by atoms with Crippen LogP contribution in [0, 0.1) is 0 Å². The van der Waals surface area contributed by atoms with Crippen molar-refractivity contribution in [2.75, 3.05) is 34.6 Å². The Morgan fingerprint density at radius 1 is 0.435 bits per heavy atom. The average molecular weight is 1540 g/mol. The number of pyridine rings is 5. The van der Waals surface area contributed by atoms with Crippen molar-refractivity contribution < 1.29 is 37.6 Å². The molecule has 0 aliphatic rings. The molecule has 0 unspecified atom stereocenters. The highest BCUT2D eigenvalue weighted by atomic mass is 35.5. The molecule has 9 N–H and O–H groups in total. The average Bonchev–Trinajstić information content (AvgIpc) is 0.917. The fourth-order valence-electron chi connectivity index (χ4n) is 10.1. The van der Waals surface area contributed by atoms with Crippen LogP contribution in [-0.4, -0.2) is 97.0 Å². The second kappa shape index (κ2) is 37.6. The predicted molar refractivity (Wildman–Crippen MR) is 424 cm³/mol. The Balaban J connectivity index is 0.000000154. The van der Waals surface area contributed by atoms with Crippen LogP contribution >= 0.6 is 46.4 Å². The molecule has 108 heavy (non-hydrogen) atoms. The standard InChI is InChI=1S/C22H17ClN4O.C20H17ClN4O2.C19H15ClN4O2.C19H16ClN3O3S/c23-20-10-9-18(14-19(20)21-4-1-2-11-24-21)26-22(28)17-7-5-16(6-8-17)15-27-13-3-12-25-27;1-27-25-19(22)13-5-7-14(8-6-13)20(26)24-15-9-10-17(21)16(12-15)18-4-2-3-11-23-18;20-16-9-8-14(11-15(16)17-3-1-2-10-22-17)23-19(25)13-6-4-12(5-7-13)18(21)24-26;1-27(25,26)12-15-6-5-13(11-22-15)19(24)23-14-7-8-17(20)16(10-14)18-4-2-3-9-21-18/h1-14H,15H2,(H,26,28);2-12H,1H3,(H2,22,25)(H,24,26);1-11,26H,(H2,21,24)(H,23,25);2-11H,12H2,1H3,(H,23,24). The van der Waals surface area contributed by atoms with Gasteiger partial charge in [-0.25, -0.2) is 8.42 Å². The first kappa shape index (κ1) is 77.6. The van der Waals surface area contributed by atoms with Gasteiger partial charge in [0.1, 0.15) is 7.11 Å². The van der Waals surface area contributed by atoms with Gasteiger partial charge in [0.25, 0.3) is 23.6 Å². The van der Waals surface area contributed by atoms with Crippen molar-refractivity contribution in [2.24, 2.45) is 21.8 Å². The molecule has 13 rings (SSSR count). The third kappa shape index (κ3) is 22.3. The normalized spacial score (nSPS) is 11.0. The summed E-state index contributed by atoms with van der Waals surface area (Å²) in [5, 5.41) is 33.0. The van der Waals surface area contributed by atoms with Crippen LogP contribution < -0.4 is 32.7 Å². The van der Waals surface area contributed by atoms with Crippen molar-refractivity contribution in [3.63, 3.8) is 0 Å². The second-order valence-corrected chi connectivity index (χ2v) is 27.0. The first-order valence-corrected chi connectivity index (χ1v) is 36.1. The Morgan fingerprint density at radius 2 is 0.778 bits per heavy atom. The molecule has 0 fully saturated rings. The maximum Gasteiger partial charge on any atom is 0.257 e. The van der Waals surface area contributed by atoms with Crippen LogP contribution in [0.1, 0.15) is 63.8 Å². The third-order valence-electron chi connectivity index (χ3n) is 15.5. The van der Waals surface area contributed by atoms with Crippen molar-refractivity contribution in [1.29, 1.82) is 0 Å². The Labute approximate surface area is 640 Å². The highest BCUT2D eigenvalue weighted by molar-refractivity contribution is 7.89. The van der Waals surface area contributed by atoms with E-state index in [0.29, 0.717) is 99.7 Å². The molecule has 28 heteroatoms. The molecule has 6 aromatic heterocycles. The van der Waals surface area contributed by atoms with Gasteiger partial charge in [0.2, 0.25) is 0 Å². The van der Waals surface area contributed by atoms with Gasteiger partial charge in [0, 0.05) is 122 Å². The number of carbonyl (C=O) groups excluding carboxylic acids is 4. The number of amidine groups is 2. The van der Waals surface area contributed by atoms with Crippen LogP contribution in [0.4, 0.5) is 22.7 Å². The fraction of sp³-hybridized carbons (Fsp3) is 0.0500. The SMILES string of the molecule is CON=C(N)c1ccc(C(=O)Nc2ccc(Cl)c(-c3ccccn3)c2)cc1.CS(=O)(=O)Cc1ccc(C(=O)Nc2ccc(Cl)c(-c3ccccn3)c2)cn1.NC(=NO)c1ccc(C(=O)Nc2ccc(Cl)c(-c3ccccn3)c2)cc1.O=C(Nc1ccc(Cl)c(-c2ccccn2)c1)c1ccc(Cn2cccn2)cc1. The van der Waals surface area contributed by atoms with E-state index in [9.17, 15) is 27.6 Å². The molecule has 0 bridgehead atoms. The lowest BCUT2D eigenvalue weighted by Gasteiger charge is -2.10. The number of carbonyl (C=O) groups is 4. The van der Waals surface area contributed by atoms with Gasteiger partial charge in [-0.05, 0) is 181 Å². The van der Waals surface area contributed by atoms with E-state index in [-0.39, 0.29) is 41.1 Å². The number of anilines is 4. The molecule has 0 atom stereocenters. The number of hydrogen-bond acceptors (Lipinski definition) is 16. The number of aromatic nitrogens is 7. The quantitative estimate of drug-likeness (QED) is 0.0171. The summed E-state index contributed by atoms with van der Waals surface area (Å²) in [5.41, 5.74) is 24.0. The number of halogens is 4. The molecule has 0 aliphatic heterocycles. The molecule has 542 valence electrons. The molecular formula is C80H65Cl4N15O8S. The van der Waals surface area contributed by atoms with Gasteiger partial charge in [0.15, 0.2) is 21.5 Å². The van der Waals surface area contributed by atoms with Crippen molar-refractivity contribution in [2.45, 2.75) is 12.3 Å². The maximum atomic E-state index is 12.6. The zero-order valence-electron chi connectivity index (χ0n) is 57.4. The van der Waals surface area contributed by atoms with E-state index in [1.165, 1.54) is 19.4 Å². The minimum atomic E-state index is -3.18. The van der Waals surface area contributed by atoms with Crippen LogP contribution in [0.2, 0.25) is 20.1 Å². The summed E-state index contributed by atoms with van der Waals surface area (Å²) in [7, 11) is -1.76. The lowest BCUT2D eigenvalue weighted by atomic mass is 10.1. The second-order valence-electron chi connectivity index (χ2n) is 23.3. The van der Waals surface area contributed by atoms with Crippen LogP contribution in [0.15, 0.2) is 290 Å². The van der Waals surface area contributed by atoms with E-state index >= 15 is 0 Å². The first-order chi connectivity index (χ1) is 52.2. The summed E-state index contributed by atoms with van der Waals surface area (Å²) >= 11 is 25.1. The topological polar surface area (TPSA) is 339 Å². The minimum Gasteiger partial charge on any atom is -0.409 e. The van der Waals surface area contributed by atoms with E-state index < -0.39 is 9.84 Å². The van der Waals surface area contributed by atoms with E-state index in [1.807, 2.05) is 120 Å². The first-order valence-electron chi connectivity index (χ1n) is 32.5. The number of nitrogens with two attached hydrogens (primary N) is 2. The largest absolute Gasteiger partial charge is 0.409 e. The minimum absolute atomic E-state index is 0.0188. The molecule has 23 nitrogen and oxygen atoms in total. The number of sulfone groups is 1. The molecule has 6 heterocycles. The van der Waals surface area contributed by atoms with Crippen molar-refractivity contribution >= 4 is 114 Å². The number of benzene rings is 7. The Hall–Kier alpha value is -13.0. The van der Waals surface area contributed by atoms with Gasteiger partial charge in [-0.2, -0.15) is 5.10 Å². The van der Waals surface area contributed by atoms with Gasteiger partial charge < -0.3 is 42.8 Å². The van der Waals surface area contributed by atoms with E-state index in [2.05, 4.69) is 66.4 Å². The predicted octanol–water partition coefficient (Wildman–Crippen LogP) is 16.2. The van der Waals surface area contributed by atoms with Crippen molar-refractivity contribution in [1.82, 2.24) is 34.7 Å². The van der Waals surface area contributed by atoms with Gasteiger partial charge in [0.05, 0.1) is 66.4 Å². The molecule has 13 aromatic rings. The van der Waals surface area contributed by atoms with Crippen LogP contribution in [0.5, 0.6) is 0 Å². The number of rotatable bonds is 19. The number of amides is 4. The van der Waals surface area contributed by atoms with Crippen LogP contribution in [-0.2, 0) is 27.0 Å². The summed E-state index contributed by atoms with van der Waals surface area (Å²) < 4.78 is 24.4. The number of nitrogens with one attached hydrogen (secondary N) is 4. The summed E-state index contributed by atoms with van der Waals surface area (Å²) in [5.74, 6) is -1.03. The third-order valence-corrected chi connectivity index (χ3v) is 17.6. The Morgan fingerprint density at radius 3 is 1.08 bits per heavy atom. The summed E-state index contributed by atoms with van der Waals surface area (Å²) in [6.45, 7) is 0.666. The van der Waals surface area contributed by atoms with Gasteiger partial charge in [-0.15, -0.1) is 0 Å². The lowest BCUT2D eigenvalue weighted by Crippen LogP contribution is -2.15. The number of oxime groups is 2. The Kier molecular flexibility index (Phi) is 27.1. The van der Waals surface area contributed by atoms with E-state index in [0.717, 1.165) is 45.6 Å². The molecule has 4 amide bonds. The molecular weight excluding hydrogens is 1470 g/mol. The van der Waals surface area contributed by atoms with Crippen molar-refractivity contribution in [3.8, 4) is 45.0 Å². The van der Waals surface area contributed by atoms with Gasteiger partial charge in [-0.3, -0.25) is 48.8 Å². The highest BCUT2D eigenvalue weighted by Gasteiger charge is 2.17. The molecule has 7 aromatic carbocycles. The fourth-order valence-corrected chi connectivity index (χ4v) is 11.7. The molecule has 0 spiro atoms. The Bertz CT molecular complexity index is 5440. The van der Waals surface area contributed by atoms with Crippen LogP contribution in [0.3, 0.4) is 0 Å². The zero-order valence-corrected chi connectivity index (χ0v) is 61.2. The van der Waals surface area contributed by atoms with E-state index in [4.69, 9.17) is 63.1 Å². The smallest absolute Gasteiger partial charge is 0.257 e. The highest BCUT2D eigenvalue weighted by Crippen LogP contribution is 2.34. The molecule has 0 saturated heterocycles. The maximum absolute atomic E-state index is 12.6. The monoisotopic (exact) mass is 1540 g/mol. The van der Waals surface area contributed by atoms with Gasteiger partial charge >= 0.3 is 0 Å². The summed E-state index contributed by atoms with van der Waals surface area (Å²) in [6.07, 6.45) is 12.9. The van der Waals surface area contributed by atoms with Crippen molar-refractivity contribution in [3.05, 3.63) is 345 Å². The molecule has 0 saturated carbocycles. The van der Waals surface area contributed by atoms with E-state index in [1.54, 1.807) is 152 Å². The molecule has 0 aliphatic carbocycles. The summed E-state index contributed by atoms with van der Waals surface area (Å²) in [4.78, 5) is 75.8. The zero-order chi connectivity index (χ0) is 76.5. The number of nitrogens with zero attached hydrogens (tertiary/aromatic N) is 9. The number of hydrogen-bond donors (Lipinski definition) is 7.